The van der Waals surface area contributed by atoms with Gasteiger partial charge in [-0.05, 0) is 38.5 Å². The number of hydrogen-bond acceptors (Lipinski definition) is 2. The maximum Gasteiger partial charge on any atom is 0.416 e. The molecule has 0 bridgehead atoms. The van der Waals surface area contributed by atoms with Crippen LogP contribution in [0.4, 0.5) is 18.9 Å². The normalized spacial score (nSPS) is 16.0. The molecule has 130 valence electrons. The van der Waals surface area contributed by atoms with E-state index in [0.717, 1.165) is 6.07 Å². The lowest BCUT2D eigenvalue weighted by atomic mass is 9.82. The molecule has 0 saturated heterocycles. The zero-order valence-electron chi connectivity index (χ0n) is 14.5. The van der Waals surface area contributed by atoms with Crippen LogP contribution >= 0.6 is 0 Å². The number of anilines is 1. The van der Waals surface area contributed by atoms with Crippen molar-refractivity contribution >= 4 is 11.6 Å². The van der Waals surface area contributed by atoms with Crippen molar-refractivity contribution < 1.29 is 22.7 Å². The van der Waals surface area contributed by atoms with Crippen LogP contribution in [0.15, 0.2) is 12.1 Å². The average molecular weight is 331 g/mol. The Morgan fingerprint density at radius 1 is 1.22 bits per heavy atom. The van der Waals surface area contributed by atoms with E-state index in [9.17, 15) is 18.0 Å². The van der Waals surface area contributed by atoms with Crippen LogP contribution in [-0.4, -0.2) is 26.2 Å². The SMILES string of the molecule is CC.COCCN1C(=O)C(C)(C)c2c1cc(C)cc2C(F)(F)F. The molecular formula is C17H24F3NO2. The van der Waals surface area contributed by atoms with Gasteiger partial charge in [0, 0.05) is 24.9 Å². The summed E-state index contributed by atoms with van der Waals surface area (Å²) in [4.78, 5) is 13.9. The summed E-state index contributed by atoms with van der Waals surface area (Å²) in [7, 11) is 1.49. The highest BCUT2D eigenvalue weighted by Crippen LogP contribution is 2.48. The van der Waals surface area contributed by atoms with Crippen molar-refractivity contribution in [2.24, 2.45) is 0 Å². The highest BCUT2D eigenvalue weighted by Gasteiger charge is 2.49. The number of carbonyl (C=O) groups excluding carboxylic acids is 1. The first-order valence-electron chi connectivity index (χ1n) is 7.64. The van der Waals surface area contributed by atoms with Crippen molar-refractivity contribution in [3.05, 3.63) is 28.8 Å². The number of halogens is 3. The molecule has 1 heterocycles. The van der Waals surface area contributed by atoms with E-state index < -0.39 is 17.2 Å². The number of methoxy groups -OCH3 is 1. The lowest BCUT2D eigenvalue weighted by Crippen LogP contribution is -2.38. The minimum absolute atomic E-state index is 0.0571. The zero-order valence-corrected chi connectivity index (χ0v) is 14.5. The third kappa shape index (κ3) is 3.52. The second kappa shape index (κ2) is 6.91. The number of hydrogen-bond donors (Lipinski definition) is 0. The number of amides is 1. The van der Waals surface area contributed by atoms with Gasteiger partial charge in [0.05, 0.1) is 17.6 Å². The predicted molar refractivity (Wildman–Crippen MR) is 84.8 cm³/mol. The number of ether oxygens (including phenoxy) is 1. The largest absolute Gasteiger partial charge is 0.416 e. The van der Waals surface area contributed by atoms with Gasteiger partial charge in [-0.1, -0.05) is 13.8 Å². The Hall–Kier alpha value is -1.56. The van der Waals surface area contributed by atoms with E-state index in [1.807, 2.05) is 13.8 Å². The molecule has 0 unspecified atom stereocenters. The number of aryl methyl sites for hydroxylation is 1. The van der Waals surface area contributed by atoms with Crippen molar-refractivity contribution in [3.63, 3.8) is 0 Å². The third-order valence-corrected chi connectivity index (χ3v) is 3.78. The summed E-state index contributed by atoms with van der Waals surface area (Å²) in [6.07, 6.45) is -4.48. The maximum absolute atomic E-state index is 13.3. The Morgan fingerprint density at radius 3 is 2.26 bits per heavy atom. The highest BCUT2D eigenvalue weighted by molar-refractivity contribution is 6.08. The second-order valence-electron chi connectivity index (χ2n) is 5.78. The first-order chi connectivity index (χ1) is 10.6. The van der Waals surface area contributed by atoms with Crippen LogP contribution in [-0.2, 0) is 21.1 Å². The Bertz CT molecular complexity index is 580. The van der Waals surface area contributed by atoms with E-state index >= 15 is 0 Å². The van der Waals surface area contributed by atoms with Gasteiger partial charge in [-0.3, -0.25) is 4.79 Å². The van der Waals surface area contributed by atoms with Crippen LogP contribution in [0.25, 0.3) is 0 Å². The fourth-order valence-corrected chi connectivity index (χ4v) is 2.82. The van der Waals surface area contributed by atoms with Crippen molar-refractivity contribution in [2.45, 2.75) is 46.2 Å². The molecule has 1 aliphatic heterocycles. The highest BCUT2D eigenvalue weighted by atomic mass is 19.4. The summed E-state index contributed by atoms with van der Waals surface area (Å²) in [6.45, 7) is 9.18. The molecular weight excluding hydrogens is 307 g/mol. The van der Waals surface area contributed by atoms with Gasteiger partial charge in [0.15, 0.2) is 0 Å². The van der Waals surface area contributed by atoms with Gasteiger partial charge in [-0.2, -0.15) is 13.2 Å². The number of nitrogens with zero attached hydrogens (tertiary/aromatic N) is 1. The Balaban J connectivity index is 0.00000127. The minimum Gasteiger partial charge on any atom is -0.383 e. The maximum atomic E-state index is 13.3. The van der Waals surface area contributed by atoms with Crippen molar-refractivity contribution in [1.29, 1.82) is 0 Å². The van der Waals surface area contributed by atoms with Gasteiger partial charge in [0.1, 0.15) is 0 Å². The van der Waals surface area contributed by atoms with E-state index in [1.54, 1.807) is 13.0 Å². The first kappa shape index (κ1) is 19.5. The molecule has 0 atom stereocenters. The van der Waals surface area contributed by atoms with Crippen LogP contribution in [0.5, 0.6) is 0 Å². The van der Waals surface area contributed by atoms with Gasteiger partial charge in [-0.15, -0.1) is 0 Å². The van der Waals surface area contributed by atoms with Crippen LogP contribution < -0.4 is 4.90 Å². The monoisotopic (exact) mass is 331 g/mol. The van der Waals surface area contributed by atoms with E-state index in [2.05, 4.69) is 0 Å². The predicted octanol–water partition coefficient (Wildman–Crippen LogP) is 4.31. The summed E-state index contributed by atoms with van der Waals surface area (Å²) >= 11 is 0. The number of fused-ring (bicyclic) bond motifs is 1. The van der Waals surface area contributed by atoms with Gasteiger partial charge in [0.25, 0.3) is 0 Å². The molecule has 0 aromatic heterocycles. The van der Waals surface area contributed by atoms with Crippen molar-refractivity contribution in [3.8, 4) is 0 Å². The third-order valence-electron chi connectivity index (χ3n) is 3.78. The quantitative estimate of drug-likeness (QED) is 0.826. The summed E-state index contributed by atoms with van der Waals surface area (Å²) in [5, 5.41) is 0. The van der Waals surface area contributed by atoms with Crippen LogP contribution in [0.2, 0.25) is 0 Å². The molecule has 1 aromatic carbocycles. The second-order valence-corrected chi connectivity index (χ2v) is 5.78. The van der Waals surface area contributed by atoms with Gasteiger partial charge in [0.2, 0.25) is 5.91 Å². The Morgan fingerprint density at radius 2 is 1.78 bits per heavy atom. The summed E-state index contributed by atoms with van der Waals surface area (Å²) < 4.78 is 44.9. The molecule has 3 nitrogen and oxygen atoms in total. The lowest BCUT2D eigenvalue weighted by molar-refractivity contribution is -0.138. The topological polar surface area (TPSA) is 29.5 Å². The summed E-state index contributed by atoms with van der Waals surface area (Å²) in [5.41, 5.74) is -1.04. The summed E-state index contributed by atoms with van der Waals surface area (Å²) in [5.74, 6) is -0.328. The van der Waals surface area contributed by atoms with E-state index in [1.165, 1.54) is 25.9 Å². The molecule has 1 aromatic rings. The standard InChI is InChI=1S/C15H18F3NO2.C2H6/c1-9-7-10(15(16,17)18)12-11(8-9)19(5-6-21-4)13(20)14(12,2)3;1-2/h7-8H,5-6H2,1-4H3;1-2H3. The molecule has 0 aliphatic carbocycles. The number of alkyl halides is 3. The molecule has 1 amide bonds. The first-order valence-corrected chi connectivity index (χ1v) is 7.64. The molecule has 6 heteroatoms. The molecule has 0 fully saturated rings. The van der Waals surface area contributed by atoms with E-state index in [4.69, 9.17) is 4.74 Å². The molecule has 0 radical (unpaired) electrons. The van der Waals surface area contributed by atoms with Gasteiger partial charge >= 0.3 is 6.18 Å². The van der Waals surface area contributed by atoms with Crippen molar-refractivity contribution in [1.82, 2.24) is 0 Å². The molecule has 0 spiro atoms. The molecule has 0 saturated carbocycles. The Kier molecular flexibility index (Phi) is 5.85. The van der Waals surface area contributed by atoms with Gasteiger partial charge < -0.3 is 9.64 Å². The molecule has 0 N–H and O–H groups in total. The molecule has 1 aliphatic rings. The van der Waals surface area contributed by atoms with E-state index in [-0.39, 0.29) is 24.6 Å². The van der Waals surface area contributed by atoms with Crippen LogP contribution in [0, 0.1) is 6.92 Å². The van der Waals surface area contributed by atoms with Crippen LogP contribution in [0.1, 0.15) is 44.4 Å². The van der Waals surface area contributed by atoms with Crippen LogP contribution in [0.3, 0.4) is 0 Å². The number of carbonyl (C=O) groups is 1. The van der Waals surface area contributed by atoms with Crippen molar-refractivity contribution in [2.75, 3.05) is 25.2 Å². The molecule has 23 heavy (non-hydrogen) atoms. The van der Waals surface area contributed by atoms with E-state index in [0.29, 0.717) is 11.3 Å². The lowest BCUT2D eigenvalue weighted by Gasteiger charge is -2.21. The van der Waals surface area contributed by atoms with Gasteiger partial charge in [-0.25, -0.2) is 0 Å². The fraction of sp³-hybridized carbons (Fsp3) is 0.588. The number of rotatable bonds is 3. The molecule has 2 rings (SSSR count). The minimum atomic E-state index is -4.48. The number of benzene rings is 1. The summed E-state index contributed by atoms with van der Waals surface area (Å²) in [6, 6.07) is 2.74. The Labute approximate surface area is 135 Å². The smallest absolute Gasteiger partial charge is 0.383 e. The zero-order chi connectivity index (χ0) is 18.0. The fourth-order valence-electron chi connectivity index (χ4n) is 2.82. The average Bonchev–Trinajstić information content (AvgIpc) is 2.65.